The number of hydrogen-bond donors (Lipinski definition) is 1. The number of aryl methyl sites for hydroxylation is 1. The van der Waals surface area contributed by atoms with Gasteiger partial charge in [-0.1, -0.05) is 66.2 Å². The maximum Gasteiger partial charge on any atom is 0.340 e. The van der Waals surface area contributed by atoms with Crippen LogP contribution in [0.3, 0.4) is 0 Å². The molecular weight excluding hydrogens is 711 g/mol. The minimum Gasteiger partial charge on any atom is -0.465 e. The van der Waals surface area contributed by atoms with Crippen molar-refractivity contribution in [1.82, 2.24) is 0 Å². The monoisotopic (exact) mass is 741 g/mol. The minimum absolute atomic E-state index is 0.00155. The van der Waals surface area contributed by atoms with Gasteiger partial charge in [0.2, 0.25) is 0 Å². The Labute approximate surface area is 320 Å². The van der Waals surface area contributed by atoms with Crippen molar-refractivity contribution in [2.75, 3.05) is 29.8 Å². The van der Waals surface area contributed by atoms with Crippen LogP contribution in [0.2, 0.25) is 0 Å². The Morgan fingerprint density at radius 1 is 0.446 bits per heavy atom. The number of esters is 2. The number of nitrogen functional groups attached to an aromatic ring is 1. The molecule has 4 amide bonds. The maximum atomic E-state index is 13.9. The molecule has 2 aliphatic heterocycles. The summed E-state index contributed by atoms with van der Waals surface area (Å²) in [6.07, 6.45) is 0. The lowest BCUT2D eigenvalue weighted by Crippen LogP contribution is -2.31. The summed E-state index contributed by atoms with van der Waals surface area (Å²) < 4.78 is 10.1. The van der Waals surface area contributed by atoms with Gasteiger partial charge in [0.05, 0.1) is 59.0 Å². The van der Waals surface area contributed by atoms with Crippen LogP contribution in [0.1, 0.15) is 67.7 Å². The van der Waals surface area contributed by atoms with E-state index in [1.54, 1.807) is 60.7 Å². The Hall–Kier alpha value is -7.66. The Bertz CT molecular complexity index is 2510. The fraction of sp³-hybridized carbons (Fsp3) is 0.0667. The molecule has 11 nitrogen and oxygen atoms in total. The molecule has 0 saturated carbocycles. The van der Waals surface area contributed by atoms with E-state index >= 15 is 0 Å². The third-order valence-corrected chi connectivity index (χ3v) is 10.0. The lowest BCUT2D eigenvalue weighted by atomic mass is 9.98. The highest BCUT2D eigenvalue weighted by Crippen LogP contribution is 2.39. The van der Waals surface area contributed by atoms with Crippen molar-refractivity contribution in [3.05, 3.63) is 160 Å². The van der Waals surface area contributed by atoms with Gasteiger partial charge in [0.15, 0.2) is 0 Å². The average molecular weight is 742 g/mol. The van der Waals surface area contributed by atoms with Crippen molar-refractivity contribution in [2.24, 2.45) is 0 Å². The third-order valence-electron chi connectivity index (χ3n) is 10.0. The van der Waals surface area contributed by atoms with Crippen LogP contribution in [0.15, 0.2) is 121 Å². The fourth-order valence-corrected chi connectivity index (χ4v) is 7.07. The fourth-order valence-electron chi connectivity index (χ4n) is 7.07. The predicted molar refractivity (Wildman–Crippen MR) is 210 cm³/mol. The predicted octanol–water partition coefficient (Wildman–Crippen LogP) is 7.75. The van der Waals surface area contributed by atoms with Crippen molar-refractivity contribution in [2.45, 2.75) is 6.92 Å². The van der Waals surface area contributed by atoms with Crippen molar-refractivity contribution >= 4 is 52.6 Å². The van der Waals surface area contributed by atoms with E-state index in [0.29, 0.717) is 22.4 Å². The van der Waals surface area contributed by atoms with Crippen molar-refractivity contribution in [3.63, 3.8) is 0 Å². The molecule has 0 bridgehead atoms. The van der Waals surface area contributed by atoms with Crippen LogP contribution in [-0.2, 0) is 9.47 Å². The smallest absolute Gasteiger partial charge is 0.340 e. The molecule has 0 radical (unpaired) electrons. The first-order valence-corrected chi connectivity index (χ1v) is 17.4. The number of anilines is 3. The highest BCUT2D eigenvalue weighted by molar-refractivity contribution is 6.36. The molecular formula is C45H31N3O8. The second-order valence-corrected chi connectivity index (χ2v) is 13.3. The van der Waals surface area contributed by atoms with Crippen LogP contribution >= 0.6 is 0 Å². The minimum atomic E-state index is -0.818. The number of fused-ring (bicyclic) bond motifs is 2. The molecule has 6 aromatic carbocycles. The van der Waals surface area contributed by atoms with Crippen LogP contribution in [-0.4, -0.2) is 49.8 Å². The lowest BCUT2D eigenvalue weighted by Gasteiger charge is -2.20. The number of ether oxygens (including phenoxy) is 2. The van der Waals surface area contributed by atoms with Crippen LogP contribution < -0.4 is 15.5 Å². The first-order chi connectivity index (χ1) is 27.0. The Kier molecular flexibility index (Phi) is 8.61. The molecule has 2 heterocycles. The SMILES string of the molecule is COC(=O)c1cc(-c2ccc(N3C(=O)c4ccc(-c5ccc(N)cc5)cc4C3=O)c(C(=O)OC)c2)ccc1N1C(=O)c2ccc(-c3ccc(C)cc3)cc2C1=O. The van der Waals surface area contributed by atoms with E-state index in [2.05, 4.69) is 0 Å². The molecule has 0 atom stereocenters. The van der Waals surface area contributed by atoms with Crippen LogP contribution in [0, 0.1) is 6.92 Å². The summed E-state index contributed by atoms with van der Waals surface area (Å²) in [6.45, 7) is 1.97. The first-order valence-electron chi connectivity index (χ1n) is 17.4. The molecule has 0 aromatic heterocycles. The van der Waals surface area contributed by atoms with Gasteiger partial charge in [-0.3, -0.25) is 19.2 Å². The van der Waals surface area contributed by atoms with E-state index in [1.165, 1.54) is 38.5 Å². The third kappa shape index (κ3) is 5.78. The van der Waals surface area contributed by atoms with Gasteiger partial charge >= 0.3 is 11.9 Å². The molecule has 8 rings (SSSR count). The zero-order valence-electron chi connectivity index (χ0n) is 30.3. The normalized spacial score (nSPS) is 13.2. The van der Waals surface area contributed by atoms with Crippen molar-refractivity contribution in [1.29, 1.82) is 0 Å². The summed E-state index contributed by atoms with van der Waals surface area (Å²) in [5.74, 6) is -4.07. The van der Waals surface area contributed by atoms with Crippen LogP contribution in [0.25, 0.3) is 33.4 Å². The first kappa shape index (κ1) is 35.4. The second-order valence-electron chi connectivity index (χ2n) is 13.3. The van der Waals surface area contributed by atoms with Gasteiger partial charge in [-0.2, -0.15) is 0 Å². The van der Waals surface area contributed by atoms with E-state index in [1.807, 2.05) is 43.3 Å². The van der Waals surface area contributed by atoms with Crippen molar-refractivity contribution < 1.29 is 38.2 Å². The second kappa shape index (κ2) is 13.6. The van der Waals surface area contributed by atoms with Gasteiger partial charge < -0.3 is 15.2 Å². The van der Waals surface area contributed by atoms with E-state index < -0.39 is 35.6 Å². The number of methoxy groups -OCH3 is 2. The number of benzene rings is 6. The molecule has 56 heavy (non-hydrogen) atoms. The largest absolute Gasteiger partial charge is 0.465 e. The molecule has 0 spiro atoms. The van der Waals surface area contributed by atoms with Gasteiger partial charge in [0, 0.05) is 5.69 Å². The van der Waals surface area contributed by atoms with Crippen molar-refractivity contribution in [3.8, 4) is 33.4 Å². The molecule has 274 valence electrons. The molecule has 6 aromatic rings. The lowest BCUT2D eigenvalue weighted by molar-refractivity contribution is 0.0592. The standard InChI is InChI=1S/C45H31N3O8/c1-24-4-6-25(7-5-24)27-10-16-32-34(20-27)42(51)47(40(32)49)38-18-12-29(22-36(38)44(53)55-2)30-13-19-39(37(23-30)45(54)56-3)48-41(50)33-17-11-28(21-35(33)43(48)52)26-8-14-31(46)15-9-26/h4-23H,46H2,1-3H3. The zero-order valence-corrected chi connectivity index (χ0v) is 30.3. The molecule has 2 aliphatic rings. The van der Waals surface area contributed by atoms with Gasteiger partial charge in [-0.15, -0.1) is 0 Å². The summed E-state index contributed by atoms with van der Waals surface area (Å²) in [5.41, 5.74) is 12.0. The topological polar surface area (TPSA) is 153 Å². The summed E-state index contributed by atoms with van der Waals surface area (Å²) >= 11 is 0. The van der Waals surface area contributed by atoms with Crippen LogP contribution in [0.4, 0.5) is 17.1 Å². The number of rotatable bonds is 7. The Morgan fingerprint density at radius 3 is 1.20 bits per heavy atom. The Balaban J connectivity index is 1.14. The summed E-state index contributed by atoms with van der Waals surface area (Å²) in [4.78, 5) is 83.5. The average Bonchev–Trinajstić information content (AvgIpc) is 3.62. The van der Waals surface area contributed by atoms with E-state index in [4.69, 9.17) is 15.2 Å². The maximum absolute atomic E-state index is 13.9. The highest BCUT2D eigenvalue weighted by Gasteiger charge is 2.40. The number of carbonyl (C=O) groups is 6. The van der Waals surface area contributed by atoms with Gasteiger partial charge in [-0.05, 0) is 101 Å². The van der Waals surface area contributed by atoms with Crippen LogP contribution in [0.5, 0.6) is 0 Å². The molecule has 0 unspecified atom stereocenters. The number of imide groups is 2. The summed E-state index contributed by atoms with van der Waals surface area (Å²) in [6, 6.07) is 33.8. The molecule has 0 fully saturated rings. The van der Waals surface area contributed by atoms with Gasteiger partial charge in [-0.25, -0.2) is 19.4 Å². The molecule has 2 N–H and O–H groups in total. The van der Waals surface area contributed by atoms with Gasteiger partial charge in [0.1, 0.15) is 0 Å². The molecule has 0 aliphatic carbocycles. The summed E-state index contributed by atoms with van der Waals surface area (Å²) in [7, 11) is 2.36. The quantitative estimate of drug-likeness (QED) is 0.0983. The number of nitrogens with zero attached hydrogens (tertiary/aromatic N) is 2. The van der Waals surface area contributed by atoms with E-state index in [9.17, 15) is 28.8 Å². The van der Waals surface area contributed by atoms with Gasteiger partial charge in [0.25, 0.3) is 23.6 Å². The summed E-state index contributed by atoms with van der Waals surface area (Å²) in [5, 5.41) is 0. The molecule has 11 heteroatoms. The Morgan fingerprint density at radius 2 is 0.786 bits per heavy atom. The number of carbonyl (C=O) groups excluding carboxylic acids is 6. The van der Waals surface area contributed by atoms with E-state index in [0.717, 1.165) is 32.1 Å². The highest BCUT2D eigenvalue weighted by atomic mass is 16.5. The molecule has 0 saturated heterocycles. The zero-order chi connectivity index (χ0) is 39.4. The number of nitrogens with two attached hydrogens (primary N) is 1. The number of hydrogen-bond acceptors (Lipinski definition) is 9. The number of amides is 4. The van der Waals surface area contributed by atoms with E-state index in [-0.39, 0.29) is 44.8 Å².